The van der Waals surface area contributed by atoms with Crippen LogP contribution in [0.15, 0.2) is 18.5 Å². The van der Waals surface area contributed by atoms with Gasteiger partial charge in [-0.2, -0.15) is 0 Å². The second-order valence-corrected chi connectivity index (χ2v) is 3.61. The van der Waals surface area contributed by atoms with E-state index in [0.717, 1.165) is 0 Å². The van der Waals surface area contributed by atoms with Crippen molar-refractivity contribution in [3.8, 4) is 11.8 Å². The maximum Gasteiger partial charge on any atom is 0.354 e. The standard InChI is InChI=1S/C12H12N4O3/c17-7-3-1-2-4-14-12-15-9(11(18)19)8-10-13-5-6-16(10)12/h5-6,8,17H,2,4,7H2,(H,14,15)(H,18,19). The summed E-state index contributed by atoms with van der Waals surface area (Å²) in [7, 11) is 0. The average Bonchev–Trinajstić information content (AvgIpc) is 2.86. The van der Waals surface area contributed by atoms with Crippen LogP contribution in [0.5, 0.6) is 0 Å². The molecular weight excluding hydrogens is 248 g/mol. The second kappa shape index (κ2) is 5.84. The second-order valence-electron chi connectivity index (χ2n) is 3.61. The quantitative estimate of drug-likeness (QED) is 0.537. The Morgan fingerprint density at radius 1 is 1.47 bits per heavy atom. The van der Waals surface area contributed by atoms with Crippen LogP contribution < -0.4 is 5.32 Å². The molecule has 7 nitrogen and oxygen atoms in total. The van der Waals surface area contributed by atoms with Crippen LogP contribution in [-0.4, -0.2) is 43.7 Å². The van der Waals surface area contributed by atoms with Crippen LogP contribution in [-0.2, 0) is 0 Å². The van der Waals surface area contributed by atoms with Crippen LogP contribution in [0.3, 0.4) is 0 Å². The largest absolute Gasteiger partial charge is 0.477 e. The fourth-order valence-corrected chi connectivity index (χ4v) is 1.54. The van der Waals surface area contributed by atoms with Crippen molar-refractivity contribution in [1.82, 2.24) is 14.4 Å². The van der Waals surface area contributed by atoms with Gasteiger partial charge < -0.3 is 15.5 Å². The van der Waals surface area contributed by atoms with Gasteiger partial charge in [-0.3, -0.25) is 4.40 Å². The molecule has 19 heavy (non-hydrogen) atoms. The van der Waals surface area contributed by atoms with Crippen molar-refractivity contribution in [2.24, 2.45) is 0 Å². The fourth-order valence-electron chi connectivity index (χ4n) is 1.54. The van der Waals surface area contributed by atoms with Crippen LogP contribution in [0.25, 0.3) is 5.65 Å². The lowest BCUT2D eigenvalue weighted by molar-refractivity contribution is 0.0690. The third-order valence-corrected chi connectivity index (χ3v) is 2.35. The van der Waals surface area contributed by atoms with Gasteiger partial charge in [0, 0.05) is 31.4 Å². The van der Waals surface area contributed by atoms with E-state index in [1.165, 1.54) is 6.07 Å². The lowest BCUT2D eigenvalue weighted by atomic mass is 10.4. The van der Waals surface area contributed by atoms with Gasteiger partial charge in [0.1, 0.15) is 12.3 Å². The van der Waals surface area contributed by atoms with Crippen molar-refractivity contribution < 1.29 is 15.0 Å². The number of carbonyl (C=O) groups is 1. The van der Waals surface area contributed by atoms with Crippen LogP contribution in [0, 0.1) is 11.8 Å². The van der Waals surface area contributed by atoms with E-state index in [-0.39, 0.29) is 12.3 Å². The minimum atomic E-state index is -1.10. The van der Waals surface area contributed by atoms with Gasteiger partial charge in [0.25, 0.3) is 0 Å². The van der Waals surface area contributed by atoms with E-state index in [1.54, 1.807) is 16.8 Å². The van der Waals surface area contributed by atoms with Gasteiger partial charge in [0.2, 0.25) is 5.95 Å². The first-order valence-corrected chi connectivity index (χ1v) is 5.60. The maximum absolute atomic E-state index is 11.0. The molecule has 0 spiro atoms. The van der Waals surface area contributed by atoms with Gasteiger partial charge >= 0.3 is 5.97 Å². The molecule has 0 aliphatic carbocycles. The number of nitrogens with zero attached hydrogens (tertiary/aromatic N) is 3. The number of aliphatic hydroxyl groups excluding tert-OH is 1. The van der Waals surface area contributed by atoms with E-state index in [1.807, 2.05) is 0 Å². The minimum Gasteiger partial charge on any atom is -0.477 e. The fraction of sp³-hybridized carbons (Fsp3) is 0.250. The molecule has 0 saturated heterocycles. The van der Waals surface area contributed by atoms with Gasteiger partial charge in [-0.25, -0.2) is 14.8 Å². The number of aromatic nitrogens is 3. The number of fused-ring (bicyclic) bond motifs is 1. The van der Waals surface area contributed by atoms with Crippen molar-refractivity contribution in [3.63, 3.8) is 0 Å². The predicted octanol–water partition coefficient (Wildman–Crippen LogP) is 0.225. The molecule has 3 N–H and O–H groups in total. The molecule has 7 heteroatoms. The number of aliphatic hydroxyl groups is 1. The lowest BCUT2D eigenvalue weighted by Gasteiger charge is -2.07. The molecule has 0 aliphatic heterocycles. The number of anilines is 1. The van der Waals surface area contributed by atoms with Crippen molar-refractivity contribution in [2.45, 2.75) is 6.42 Å². The summed E-state index contributed by atoms with van der Waals surface area (Å²) < 4.78 is 1.66. The van der Waals surface area contributed by atoms with Gasteiger partial charge in [-0.1, -0.05) is 11.8 Å². The summed E-state index contributed by atoms with van der Waals surface area (Å²) in [6.45, 7) is 0.328. The Morgan fingerprint density at radius 3 is 3.05 bits per heavy atom. The highest BCUT2D eigenvalue weighted by Gasteiger charge is 2.10. The van der Waals surface area contributed by atoms with Crippen LogP contribution >= 0.6 is 0 Å². The summed E-state index contributed by atoms with van der Waals surface area (Å²) in [6.07, 6.45) is 3.78. The molecule has 2 heterocycles. The number of nitrogens with one attached hydrogen (secondary N) is 1. The summed E-state index contributed by atoms with van der Waals surface area (Å²) in [4.78, 5) is 19.0. The molecule has 0 amide bonds. The van der Waals surface area contributed by atoms with Crippen LogP contribution in [0.1, 0.15) is 16.9 Å². The molecule has 98 valence electrons. The number of carboxylic acid groups (broad SMARTS) is 1. The van der Waals surface area contributed by atoms with Crippen LogP contribution in [0.4, 0.5) is 5.95 Å². The van der Waals surface area contributed by atoms with E-state index >= 15 is 0 Å². The van der Waals surface area contributed by atoms with E-state index < -0.39 is 5.97 Å². The summed E-state index contributed by atoms with van der Waals surface area (Å²) >= 11 is 0. The zero-order valence-electron chi connectivity index (χ0n) is 10.00. The Morgan fingerprint density at radius 2 is 2.32 bits per heavy atom. The van der Waals surface area contributed by atoms with E-state index in [0.29, 0.717) is 24.6 Å². The zero-order chi connectivity index (χ0) is 13.7. The molecule has 0 aromatic carbocycles. The Bertz CT molecular complexity index is 654. The first kappa shape index (κ1) is 12.9. The smallest absolute Gasteiger partial charge is 0.354 e. The third-order valence-electron chi connectivity index (χ3n) is 2.35. The van der Waals surface area contributed by atoms with Crippen molar-refractivity contribution in [3.05, 3.63) is 24.2 Å². The molecule has 0 bridgehead atoms. The molecular formula is C12H12N4O3. The summed E-state index contributed by atoms with van der Waals surface area (Å²) in [5.41, 5.74) is 0.444. The van der Waals surface area contributed by atoms with Crippen molar-refractivity contribution in [2.75, 3.05) is 18.5 Å². The van der Waals surface area contributed by atoms with E-state index in [2.05, 4.69) is 27.1 Å². The number of imidazole rings is 1. The topological polar surface area (TPSA) is 99.8 Å². The number of carboxylic acids is 1. The van der Waals surface area contributed by atoms with Gasteiger partial charge in [0.05, 0.1) is 0 Å². The molecule has 2 aromatic heterocycles. The highest BCUT2D eigenvalue weighted by Crippen LogP contribution is 2.11. The molecule has 0 aliphatic rings. The van der Waals surface area contributed by atoms with E-state index in [4.69, 9.17) is 10.2 Å². The lowest BCUT2D eigenvalue weighted by Crippen LogP contribution is -2.11. The molecule has 0 saturated carbocycles. The number of hydrogen-bond acceptors (Lipinski definition) is 5. The maximum atomic E-state index is 11.0. The Kier molecular flexibility index (Phi) is 3.95. The summed E-state index contributed by atoms with van der Waals surface area (Å²) in [5, 5.41) is 20.5. The molecule has 0 fully saturated rings. The summed E-state index contributed by atoms with van der Waals surface area (Å²) in [5.74, 6) is 4.58. The first-order valence-electron chi connectivity index (χ1n) is 5.60. The Hall–Kier alpha value is -2.59. The monoisotopic (exact) mass is 260 g/mol. The Balaban J connectivity index is 2.20. The van der Waals surface area contributed by atoms with Crippen molar-refractivity contribution in [1.29, 1.82) is 0 Å². The van der Waals surface area contributed by atoms with Crippen molar-refractivity contribution >= 4 is 17.6 Å². The third kappa shape index (κ3) is 3.00. The highest BCUT2D eigenvalue weighted by atomic mass is 16.4. The minimum absolute atomic E-state index is 0.0670. The van der Waals surface area contributed by atoms with Gasteiger partial charge in [-0.05, 0) is 0 Å². The molecule has 0 radical (unpaired) electrons. The number of aromatic carboxylic acids is 1. The first-order chi connectivity index (χ1) is 9.22. The molecule has 2 aromatic rings. The normalized spacial score (nSPS) is 9.95. The Labute approximate surface area is 108 Å². The van der Waals surface area contributed by atoms with Gasteiger partial charge in [0.15, 0.2) is 5.69 Å². The van der Waals surface area contributed by atoms with Crippen LogP contribution in [0.2, 0.25) is 0 Å². The predicted molar refractivity (Wildman–Crippen MR) is 67.9 cm³/mol. The highest BCUT2D eigenvalue weighted by molar-refractivity contribution is 5.87. The SMILES string of the molecule is O=C(O)c1cc2nccn2c(NCCC#CCO)n1. The molecule has 2 rings (SSSR count). The molecule has 0 atom stereocenters. The number of hydrogen-bond donors (Lipinski definition) is 3. The summed E-state index contributed by atoms with van der Waals surface area (Å²) in [6, 6.07) is 1.40. The number of rotatable bonds is 4. The zero-order valence-corrected chi connectivity index (χ0v) is 10.00. The molecule has 0 unspecified atom stereocenters. The average molecular weight is 260 g/mol. The van der Waals surface area contributed by atoms with Gasteiger partial charge in [-0.15, -0.1) is 0 Å². The van der Waals surface area contributed by atoms with E-state index in [9.17, 15) is 4.79 Å².